The molecule has 0 bridgehead atoms. The van der Waals surface area contributed by atoms with Gasteiger partial charge < -0.3 is 5.32 Å². The van der Waals surface area contributed by atoms with Gasteiger partial charge in [-0.15, -0.1) is 23.7 Å². The van der Waals surface area contributed by atoms with E-state index in [0.717, 1.165) is 10.6 Å². The van der Waals surface area contributed by atoms with E-state index in [2.05, 4.69) is 5.32 Å². The molecule has 0 saturated carbocycles. The average molecular weight is 240 g/mol. The quantitative estimate of drug-likeness (QED) is 0.855. The lowest BCUT2D eigenvalue weighted by atomic mass is 10.3. The van der Waals surface area contributed by atoms with Crippen LogP contribution in [0.1, 0.15) is 9.67 Å². The molecular weight excluding hydrogens is 230 g/mol. The van der Waals surface area contributed by atoms with Crippen LogP contribution in [0.5, 0.6) is 0 Å². The van der Waals surface area contributed by atoms with Crippen molar-refractivity contribution in [3.05, 3.63) is 52.7 Å². The van der Waals surface area contributed by atoms with Crippen molar-refractivity contribution < 1.29 is 4.79 Å². The molecule has 1 aromatic heterocycles. The maximum atomic E-state index is 11.6. The number of carbonyl (C=O) groups is 1. The van der Waals surface area contributed by atoms with Crippen molar-refractivity contribution >= 4 is 35.3 Å². The number of para-hydroxylation sites is 1. The molecule has 0 aliphatic carbocycles. The summed E-state index contributed by atoms with van der Waals surface area (Å²) in [6.07, 6.45) is 0. The summed E-state index contributed by atoms with van der Waals surface area (Å²) in [6, 6.07) is 13.1. The van der Waals surface area contributed by atoms with Crippen LogP contribution in [0.3, 0.4) is 0 Å². The SMILES string of the molecule is Cl.O=C(Nc1ccccc1)c1cccs1. The van der Waals surface area contributed by atoms with E-state index >= 15 is 0 Å². The van der Waals surface area contributed by atoms with E-state index < -0.39 is 0 Å². The molecule has 0 unspecified atom stereocenters. The Bertz CT molecular complexity index is 413. The summed E-state index contributed by atoms with van der Waals surface area (Å²) in [7, 11) is 0. The van der Waals surface area contributed by atoms with Crippen molar-refractivity contribution in [2.45, 2.75) is 0 Å². The zero-order valence-corrected chi connectivity index (χ0v) is 9.48. The summed E-state index contributed by atoms with van der Waals surface area (Å²) in [6.45, 7) is 0. The van der Waals surface area contributed by atoms with Crippen molar-refractivity contribution in [1.82, 2.24) is 0 Å². The summed E-state index contributed by atoms with van der Waals surface area (Å²) in [4.78, 5) is 12.3. The normalized spacial score (nSPS) is 9.07. The fourth-order valence-corrected chi connectivity index (χ4v) is 1.74. The fraction of sp³-hybridized carbons (Fsp3) is 0. The molecule has 0 saturated heterocycles. The van der Waals surface area contributed by atoms with Gasteiger partial charge in [0.25, 0.3) is 5.91 Å². The Hall–Kier alpha value is -1.32. The highest BCUT2D eigenvalue weighted by Crippen LogP contribution is 2.12. The fourth-order valence-electron chi connectivity index (χ4n) is 1.12. The van der Waals surface area contributed by atoms with Crippen molar-refractivity contribution in [2.75, 3.05) is 5.32 Å². The minimum absolute atomic E-state index is 0. The molecule has 4 heteroatoms. The number of benzene rings is 1. The number of hydrogen-bond donors (Lipinski definition) is 1. The third kappa shape index (κ3) is 3.08. The Kier molecular flexibility index (Phi) is 4.34. The Labute approximate surface area is 98.4 Å². The molecule has 0 fully saturated rings. The Morgan fingerprint density at radius 1 is 1.07 bits per heavy atom. The molecule has 0 spiro atoms. The Balaban J connectivity index is 0.00000112. The first-order valence-electron chi connectivity index (χ1n) is 4.26. The number of nitrogens with one attached hydrogen (secondary N) is 1. The largest absolute Gasteiger partial charge is 0.321 e. The van der Waals surface area contributed by atoms with E-state index in [9.17, 15) is 4.79 Å². The van der Waals surface area contributed by atoms with Gasteiger partial charge >= 0.3 is 0 Å². The first kappa shape index (κ1) is 11.8. The van der Waals surface area contributed by atoms with Crippen LogP contribution in [0.2, 0.25) is 0 Å². The molecule has 0 radical (unpaired) electrons. The van der Waals surface area contributed by atoms with Gasteiger partial charge in [0.05, 0.1) is 4.88 Å². The van der Waals surface area contributed by atoms with Gasteiger partial charge in [-0.3, -0.25) is 4.79 Å². The zero-order chi connectivity index (χ0) is 9.80. The lowest BCUT2D eigenvalue weighted by Gasteiger charge is -2.01. The molecule has 1 heterocycles. The highest BCUT2D eigenvalue weighted by Gasteiger charge is 2.05. The predicted molar refractivity (Wildman–Crippen MR) is 66.0 cm³/mol. The number of halogens is 1. The highest BCUT2D eigenvalue weighted by molar-refractivity contribution is 7.12. The van der Waals surface area contributed by atoms with Crippen LogP contribution in [-0.2, 0) is 0 Å². The summed E-state index contributed by atoms with van der Waals surface area (Å²) < 4.78 is 0. The van der Waals surface area contributed by atoms with Gasteiger partial charge in [0, 0.05) is 5.69 Å². The summed E-state index contributed by atoms with van der Waals surface area (Å²) >= 11 is 1.44. The molecule has 1 N–H and O–H groups in total. The van der Waals surface area contributed by atoms with Crippen LogP contribution >= 0.6 is 23.7 Å². The van der Waals surface area contributed by atoms with Gasteiger partial charge in [-0.2, -0.15) is 0 Å². The second-order valence-electron chi connectivity index (χ2n) is 2.80. The molecule has 0 atom stereocenters. The maximum Gasteiger partial charge on any atom is 0.265 e. The van der Waals surface area contributed by atoms with E-state index in [0.29, 0.717) is 0 Å². The molecule has 1 amide bonds. The van der Waals surface area contributed by atoms with E-state index in [-0.39, 0.29) is 18.3 Å². The average Bonchev–Trinajstić information content (AvgIpc) is 2.72. The van der Waals surface area contributed by atoms with Crippen LogP contribution in [-0.4, -0.2) is 5.91 Å². The molecule has 15 heavy (non-hydrogen) atoms. The van der Waals surface area contributed by atoms with Crippen molar-refractivity contribution in [3.63, 3.8) is 0 Å². The van der Waals surface area contributed by atoms with E-state index in [4.69, 9.17) is 0 Å². The number of thiophene rings is 1. The second kappa shape index (κ2) is 5.53. The molecule has 2 nitrogen and oxygen atoms in total. The van der Waals surface area contributed by atoms with Gasteiger partial charge in [-0.1, -0.05) is 24.3 Å². The number of rotatable bonds is 2. The van der Waals surface area contributed by atoms with E-state index in [1.807, 2.05) is 47.8 Å². The third-order valence-corrected chi connectivity index (χ3v) is 2.65. The molecule has 0 aliphatic heterocycles. The van der Waals surface area contributed by atoms with Crippen molar-refractivity contribution in [2.24, 2.45) is 0 Å². The predicted octanol–water partition coefficient (Wildman–Crippen LogP) is 3.42. The summed E-state index contributed by atoms with van der Waals surface area (Å²) in [5.41, 5.74) is 0.825. The number of anilines is 1. The van der Waals surface area contributed by atoms with Crippen LogP contribution < -0.4 is 5.32 Å². The van der Waals surface area contributed by atoms with E-state index in [1.165, 1.54) is 11.3 Å². The van der Waals surface area contributed by atoms with Crippen LogP contribution in [0.4, 0.5) is 5.69 Å². The lowest BCUT2D eigenvalue weighted by Crippen LogP contribution is -2.09. The molecule has 2 aromatic rings. The van der Waals surface area contributed by atoms with Crippen LogP contribution in [0.25, 0.3) is 0 Å². The van der Waals surface area contributed by atoms with Crippen molar-refractivity contribution in [1.29, 1.82) is 0 Å². The van der Waals surface area contributed by atoms with E-state index in [1.54, 1.807) is 0 Å². The standard InChI is InChI=1S/C11H9NOS.ClH/c13-11(10-7-4-8-14-10)12-9-5-2-1-3-6-9;/h1-8H,(H,12,13);1H. The van der Waals surface area contributed by atoms with Gasteiger partial charge in [-0.25, -0.2) is 0 Å². The number of carbonyl (C=O) groups excluding carboxylic acids is 1. The second-order valence-corrected chi connectivity index (χ2v) is 3.75. The first-order valence-corrected chi connectivity index (χ1v) is 5.14. The maximum absolute atomic E-state index is 11.6. The highest BCUT2D eigenvalue weighted by atomic mass is 35.5. The molecule has 1 aromatic carbocycles. The molecule has 2 rings (SSSR count). The van der Waals surface area contributed by atoms with Crippen molar-refractivity contribution in [3.8, 4) is 0 Å². The summed E-state index contributed by atoms with van der Waals surface area (Å²) in [5.74, 6) is -0.0498. The first-order chi connectivity index (χ1) is 6.86. The van der Waals surface area contributed by atoms with Crippen LogP contribution in [0, 0.1) is 0 Å². The molecular formula is C11H10ClNOS. The van der Waals surface area contributed by atoms with Gasteiger partial charge in [-0.05, 0) is 23.6 Å². The van der Waals surface area contributed by atoms with Gasteiger partial charge in [0.2, 0.25) is 0 Å². The van der Waals surface area contributed by atoms with Gasteiger partial charge in [0.15, 0.2) is 0 Å². The molecule has 78 valence electrons. The molecule has 0 aliphatic rings. The smallest absolute Gasteiger partial charge is 0.265 e. The minimum Gasteiger partial charge on any atom is -0.321 e. The minimum atomic E-state index is -0.0498. The lowest BCUT2D eigenvalue weighted by molar-refractivity contribution is 0.103. The monoisotopic (exact) mass is 239 g/mol. The third-order valence-electron chi connectivity index (χ3n) is 1.78. The Morgan fingerprint density at radius 3 is 2.40 bits per heavy atom. The topological polar surface area (TPSA) is 29.1 Å². The number of hydrogen-bond acceptors (Lipinski definition) is 2. The van der Waals surface area contributed by atoms with Crippen LogP contribution in [0.15, 0.2) is 47.8 Å². The Morgan fingerprint density at radius 2 is 1.80 bits per heavy atom. The number of amides is 1. The zero-order valence-electron chi connectivity index (χ0n) is 7.84. The van der Waals surface area contributed by atoms with Gasteiger partial charge in [0.1, 0.15) is 0 Å². The summed E-state index contributed by atoms with van der Waals surface area (Å²) in [5, 5.41) is 4.70.